The zero-order valence-corrected chi connectivity index (χ0v) is 18.2. The number of ether oxygens (including phenoxy) is 1. The summed E-state index contributed by atoms with van der Waals surface area (Å²) in [7, 11) is 0. The van der Waals surface area contributed by atoms with Crippen molar-refractivity contribution in [1.29, 1.82) is 0 Å². The number of thioether (sulfide) groups is 1. The number of aromatic nitrogens is 3. The highest BCUT2D eigenvalue weighted by Gasteiger charge is 2.30. The summed E-state index contributed by atoms with van der Waals surface area (Å²) in [5, 5.41) is 11.1. The molecular formula is C20H17ClF4N4O2S. The first-order chi connectivity index (χ1) is 15.2. The van der Waals surface area contributed by atoms with Gasteiger partial charge < -0.3 is 14.6 Å². The van der Waals surface area contributed by atoms with Crippen LogP contribution in [0.1, 0.15) is 18.3 Å². The Morgan fingerprint density at radius 1 is 1.22 bits per heavy atom. The number of benzene rings is 2. The van der Waals surface area contributed by atoms with Crippen LogP contribution < -0.4 is 10.1 Å². The number of hydrogen-bond acceptors (Lipinski definition) is 5. The minimum absolute atomic E-state index is 0.0170. The van der Waals surface area contributed by atoms with Gasteiger partial charge in [0.1, 0.15) is 18.2 Å². The number of carbonyl (C=O) groups is 1. The van der Waals surface area contributed by atoms with Gasteiger partial charge in [0.15, 0.2) is 11.0 Å². The normalized spacial score (nSPS) is 11.4. The van der Waals surface area contributed by atoms with Gasteiger partial charge >= 0.3 is 6.18 Å². The summed E-state index contributed by atoms with van der Waals surface area (Å²) in [4.78, 5) is 12.2. The summed E-state index contributed by atoms with van der Waals surface area (Å²) < 4.78 is 58.8. The van der Waals surface area contributed by atoms with Crippen LogP contribution in [-0.4, -0.2) is 26.4 Å². The molecule has 170 valence electrons. The van der Waals surface area contributed by atoms with Crippen LogP contribution in [0.2, 0.25) is 5.02 Å². The predicted octanol–water partition coefficient (Wildman–Crippen LogP) is 5.42. The van der Waals surface area contributed by atoms with E-state index in [4.69, 9.17) is 16.3 Å². The second-order valence-corrected chi connectivity index (χ2v) is 7.77. The van der Waals surface area contributed by atoms with Crippen molar-refractivity contribution in [3.05, 3.63) is 64.7 Å². The fourth-order valence-electron chi connectivity index (χ4n) is 2.69. The molecule has 3 rings (SSSR count). The van der Waals surface area contributed by atoms with E-state index in [1.165, 1.54) is 24.3 Å². The molecule has 1 amide bonds. The third-order valence-corrected chi connectivity index (χ3v) is 5.43. The van der Waals surface area contributed by atoms with Gasteiger partial charge in [-0.3, -0.25) is 4.79 Å². The van der Waals surface area contributed by atoms with Crippen LogP contribution in [0.3, 0.4) is 0 Å². The van der Waals surface area contributed by atoms with Crippen LogP contribution in [-0.2, 0) is 24.1 Å². The fraction of sp³-hybridized carbons (Fsp3) is 0.250. The molecule has 0 fully saturated rings. The summed E-state index contributed by atoms with van der Waals surface area (Å²) in [6.07, 6.45) is -4.50. The minimum Gasteiger partial charge on any atom is -0.484 e. The van der Waals surface area contributed by atoms with Gasteiger partial charge in [0.25, 0.3) is 0 Å². The van der Waals surface area contributed by atoms with Crippen molar-refractivity contribution in [2.24, 2.45) is 0 Å². The molecule has 0 radical (unpaired) electrons. The second-order valence-electron chi connectivity index (χ2n) is 6.42. The molecule has 0 spiro atoms. The average Bonchev–Trinajstić information content (AvgIpc) is 3.13. The first-order valence-corrected chi connectivity index (χ1v) is 10.6. The van der Waals surface area contributed by atoms with Gasteiger partial charge in [0.05, 0.1) is 16.3 Å². The maximum absolute atomic E-state index is 13.1. The summed E-state index contributed by atoms with van der Waals surface area (Å²) in [5.74, 6) is -0.307. The number of alkyl halides is 3. The number of amides is 1. The molecule has 6 nitrogen and oxygen atoms in total. The molecular weight excluding hydrogens is 472 g/mol. The number of nitrogens with one attached hydrogen (secondary N) is 1. The Balaban J connectivity index is 1.59. The lowest BCUT2D eigenvalue weighted by Gasteiger charge is -2.11. The second kappa shape index (κ2) is 10.2. The molecule has 0 aliphatic rings. The Morgan fingerprint density at radius 2 is 2.00 bits per heavy atom. The van der Waals surface area contributed by atoms with Gasteiger partial charge in [-0.15, -0.1) is 10.2 Å². The molecule has 0 saturated heterocycles. The van der Waals surface area contributed by atoms with E-state index < -0.39 is 23.5 Å². The average molecular weight is 489 g/mol. The fourth-order valence-corrected chi connectivity index (χ4v) is 3.73. The van der Waals surface area contributed by atoms with Gasteiger partial charge in [0.2, 0.25) is 5.91 Å². The van der Waals surface area contributed by atoms with Crippen molar-refractivity contribution >= 4 is 35.0 Å². The number of hydrogen-bond donors (Lipinski definition) is 1. The summed E-state index contributed by atoms with van der Waals surface area (Å²) >= 11 is 7.02. The zero-order valence-electron chi connectivity index (χ0n) is 16.6. The number of anilines is 1. The largest absolute Gasteiger partial charge is 0.484 e. The van der Waals surface area contributed by atoms with E-state index in [0.29, 0.717) is 17.5 Å². The van der Waals surface area contributed by atoms with Crippen LogP contribution in [0, 0.1) is 5.82 Å². The van der Waals surface area contributed by atoms with Crippen molar-refractivity contribution in [1.82, 2.24) is 14.8 Å². The third-order valence-electron chi connectivity index (χ3n) is 4.17. The molecule has 2 aromatic carbocycles. The summed E-state index contributed by atoms with van der Waals surface area (Å²) in [5.41, 5.74) is -0.799. The smallest absolute Gasteiger partial charge is 0.416 e. The van der Waals surface area contributed by atoms with E-state index in [1.54, 1.807) is 4.57 Å². The first kappa shape index (κ1) is 23.9. The third kappa shape index (κ3) is 6.13. The Labute approximate surface area is 189 Å². The molecule has 1 heterocycles. The number of halogens is 5. The van der Waals surface area contributed by atoms with Crippen molar-refractivity contribution < 1.29 is 27.1 Å². The summed E-state index contributed by atoms with van der Waals surface area (Å²) in [6, 6.07) is 8.14. The number of rotatable bonds is 8. The lowest BCUT2D eigenvalue weighted by molar-refractivity contribution is -0.137. The molecule has 0 bridgehead atoms. The van der Waals surface area contributed by atoms with Crippen molar-refractivity contribution in [3.63, 3.8) is 0 Å². The predicted molar refractivity (Wildman–Crippen MR) is 112 cm³/mol. The van der Waals surface area contributed by atoms with Crippen LogP contribution in [0.5, 0.6) is 5.75 Å². The van der Waals surface area contributed by atoms with Gasteiger partial charge in [0, 0.05) is 12.2 Å². The van der Waals surface area contributed by atoms with E-state index >= 15 is 0 Å². The highest BCUT2D eigenvalue weighted by Crippen LogP contribution is 2.31. The first-order valence-electron chi connectivity index (χ1n) is 9.27. The van der Waals surface area contributed by atoms with Crippen molar-refractivity contribution in [3.8, 4) is 5.75 Å². The molecule has 0 atom stereocenters. The molecule has 0 aliphatic heterocycles. The molecule has 0 aliphatic carbocycles. The molecule has 1 N–H and O–H groups in total. The standard InChI is InChI=1S/C20H17ClF4N4O2S/c1-2-29-17(10-31-16-7-6-13(22)9-15(16)21)27-28-19(29)32-11-18(30)26-14-5-3-4-12(8-14)20(23,24)25/h3-9H,2,10-11H2,1H3,(H,26,30). The van der Waals surface area contributed by atoms with Crippen LogP contribution in [0.25, 0.3) is 0 Å². The Hall–Kier alpha value is -2.79. The molecule has 1 aromatic heterocycles. The van der Waals surface area contributed by atoms with Crippen LogP contribution in [0.15, 0.2) is 47.6 Å². The maximum Gasteiger partial charge on any atom is 0.416 e. The summed E-state index contributed by atoms with van der Waals surface area (Å²) in [6.45, 7) is 2.36. The van der Waals surface area contributed by atoms with E-state index in [-0.39, 0.29) is 28.8 Å². The van der Waals surface area contributed by atoms with E-state index in [0.717, 1.165) is 30.0 Å². The molecule has 3 aromatic rings. The lowest BCUT2D eigenvalue weighted by atomic mass is 10.2. The lowest BCUT2D eigenvalue weighted by Crippen LogP contribution is -2.15. The quantitative estimate of drug-likeness (QED) is 0.339. The van der Waals surface area contributed by atoms with Gasteiger partial charge in [-0.1, -0.05) is 29.4 Å². The van der Waals surface area contributed by atoms with Crippen LogP contribution >= 0.6 is 23.4 Å². The monoisotopic (exact) mass is 488 g/mol. The number of nitrogens with zero attached hydrogens (tertiary/aromatic N) is 3. The Kier molecular flexibility index (Phi) is 7.62. The maximum atomic E-state index is 13.1. The minimum atomic E-state index is -4.50. The molecule has 32 heavy (non-hydrogen) atoms. The van der Waals surface area contributed by atoms with E-state index in [2.05, 4.69) is 15.5 Å². The van der Waals surface area contributed by atoms with E-state index in [1.807, 2.05) is 6.92 Å². The molecule has 12 heteroatoms. The molecule has 0 saturated carbocycles. The number of carbonyl (C=O) groups excluding carboxylic acids is 1. The van der Waals surface area contributed by atoms with Gasteiger partial charge in [-0.25, -0.2) is 4.39 Å². The Morgan fingerprint density at radius 3 is 2.69 bits per heavy atom. The zero-order chi connectivity index (χ0) is 23.3. The topological polar surface area (TPSA) is 69.0 Å². The van der Waals surface area contributed by atoms with Gasteiger partial charge in [-0.2, -0.15) is 13.2 Å². The van der Waals surface area contributed by atoms with Crippen molar-refractivity contribution in [2.45, 2.75) is 31.4 Å². The van der Waals surface area contributed by atoms with Crippen molar-refractivity contribution in [2.75, 3.05) is 11.1 Å². The molecule has 0 unspecified atom stereocenters. The highest BCUT2D eigenvalue weighted by atomic mass is 35.5. The highest BCUT2D eigenvalue weighted by molar-refractivity contribution is 7.99. The van der Waals surface area contributed by atoms with Gasteiger partial charge in [-0.05, 0) is 43.3 Å². The SMILES string of the molecule is CCn1c(COc2ccc(F)cc2Cl)nnc1SCC(=O)Nc1cccc(C(F)(F)F)c1. The Bertz CT molecular complexity index is 1110. The van der Waals surface area contributed by atoms with Crippen LogP contribution in [0.4, 0.5) is 23.2 Å². The van der Waals surface area contributed by atoms with E-state index in [9.17, 15) is 22.4 Å².